The molecule has 34 heavy (non-hydrogen) atoms. The van der Waals surface area contributed by atoms with E-state index in [1.165, 1.54) is 28.1 Å². The molecule has 0 N–H and O–H groups in total. The molecule has 4 aromatic rings. The Hall–Kier alpha value is -3.20. The van der Waals surface area contributed by atoms with Crippen molar-refractivity contribution in [1.82, 2.24) is 13.9 Å². The minimum Gasteiger partial charge on any atom is -0.497 e. The minimum absolute atomic E-state index is 0.128. The topological polar surface area (TPSA) is 81.5 Å². The van der Waals surface area contributed by atoms with Gasteiger partial charge >= 0.3 is 0 Å². The number of aromatic nitrogens is 2. The number of hydrogen-bond acceptors (Lipinski definition) is 5. The van der Waals surface area contributed by atoms with Crippen LogP contribution in [-0.2, 0) is 10.0 Å². The molecule has 0 aliphatic heterocycles. The number of methoxy groups -OCH3 is 1. The van der Waals surface area contributed by atoms with Crippen LogP contribution in [0.25, 0.3) is 16.6 Å². The van der Waals surface area contributed by atoms with E-state index in [0.717, 1.165) is 0 Å². The van der Waals surface area contributed by atoms with Crippen LogP contribution in [0.5, 0.6) is 5.75 Å². The smallest absolute Gasteiger partial charge is 0.266 e. The van der Waals surface area contributed by atoms with Gasteiger partial charge in [0, 0.05) is 11.6 Å². The Balaban J connectivity index is 1.91. The zero-order chi connectivity index (χ0) is 24.5. The molecule has 1 atom stereocenters. The fourth-order valence-electron chi connectivity index (χ4n) is 3.93. The van der Waals surface area contributed by atoms with Crippen molar-refractivity contribution in [3.63, 3.8) is 0 Å². The van der Waals surface area contributed by atoms with E-state index in [1.54, 1.807) is 74.5 Å². The van der Waals surface area contributed by atoms with E-state index < -0.39 is 16.1 Å². The fourth-order valence-corrected chi connectivity index (χ4v) is 5.66. The Bertz CT molecular complexity index is 1480. The summed E-state index contributed by atoms with van der Waals surface area (Å²) in [5, 5.41) is 0.965. The van der Waals surface area contributed by atoms with Crippen molar-refractivity contribution in [3.8, 4) is 11.4 Å². The average Bonchev–Trinajstić information content (AvgIpc) is 2.85. The van der Waals surface area contributed by atoms with Crippen molar-refractivity contribution in [1.29, 1.82) is 0 Å². The van der Waals surface area contributed by atoms with E-state index >= 15 is 0 Å². The molecule has 4 rings (SSSR count). The molecule has 0 radical (unpaired) electrons. The molecule has 0 aliphatic rings. The van der Waals surface area contributed by atoms with Gasteiger partial charge in [0.2, 0.25) is 10.0 Å². The van der Waals surface area contributed by atoms with E-state index in [-0.39, 0.29) is 17.0 Å². The molecule has 176 valence electrons. The Morgan fingerprint density at radius 2 is 1.68 bits per heavy atom. The summed E-state index contributed by atoms with van der Waals surface area (Å²) in [5.41, 5.74) is 0.762. The number of ether oxygens (including phenoxy) is 1. The first kappa shape index (κ1) is 23.9. The largest absolute Gasteiger partial charge is 0.497 e. The summed E-state index contributed by atoms with van der Waals surface area (Å²) in [6.45, 7) is 3.66. The number of rotatable bonds is 7. The third-order valence-corrected chi connectivity index (χ3v) is 7.98. The van der Waals surface area contributed by atoms with Crippen LogP contribution in [0.4, 0.5) is 0 Å². The maximum atomic E-state index is 13.6. The molecule has 0 fully saturated rings. The zero-order valence-electron chi connectivity index (χ0n) is 19.0. The molecule has 0 spiro atoms. The van der Waals surface area contributed by atoms with E-state index in [0.29, 0.717) is 33.2 Å². The second-order valence-electron chi connectivity index (χ2n) is 7.66. The van der Waals surface area contributed by atoms with Gasteiger partial charge in [-0.15, -0.1) is 0 Å². The van der Waals surface area contributed by atoms with Gasteiger partial charge in [0.15, 0.2) is 0 Å². The predicted molar refractivity (Wildman–Crippen MR) is 133 cm³/mol. The highest BCUT2D eigenvalue weighted by atomic mass is 35.5. The lowest BCUT2D eigenvalue weighted by molar-refractivity contribution is 0.340. The van der Waals surface area contributed by atoms with Gasteiger partial charge in [0.1, 0.15) is 11.6 Å². The third kappa shape index (κ3) is 4.32. The summed E-state index contributed by atoms with van der Waals surface area (Å²) in [5.74, 6) is 0.868. The highest BCUT2D eigenvalue weighted by molar-refractivity contribution is 7.89. The van der Waals surface area contributed by atoms with E-state index in [9.17, 15) is 13.2 Å². The van der Waals surface area contributed by atoms with Crippen molar-refractivity contribution >= 4 is 32.5 Å². The molecule has 0 aliphatic carbocycles. The number of nitrogens with zero attached hydrogens (tertiary/aromatic N) is 3. The minimum atomic E-state index is -3.89. The van der Waals surface area contributed by atoms with Gasteiger partial charge in [-0.1, -0.05) is 30.7 Å². The summed E-state index contributed by atoms with van der Waals surface area (Å²) >= 11 is 6.06. The van der Waals surface area contributed by atoms with Crippen LogP contribution in [0.2, 0.25) is 5.02 Å². The first-order valence-corrected chi connectivity index (χ1v) is 12.5. The molecule has 0 saturated heterocycles. The Labute approximate surface area is 203 Å². The van der Waals surface area contributed by atoms with Gasteiger partial charge in [0.05, 0.1) is 34.6 Å². The first-order chi connectivity index (χ1) is 16.3. The van der Waals surface area contributed by atoms with Gasteiger partial charge < -0.3 is 4.74 Å². The molecule has 0 bridgehead atoms. The number of para-hydroxylation sites is 1. The molecular formula is C25H24ClN3O4S. The summed E-state index contributed by atoms with van der Waals surface area (Å²) in [7, 11) is -2.37. The van der Waals surface area contributed by atoms with E-state index in [2.05, 4.69) is 0 Å². The molecule has 1 heterocycles. The van der Waals surface area contributed by atoms with Gasteiger partial charge in [-0.2, -0.15) is 4.31 Å². The zero-order valence-corrected chi connectivity index (χ0v) is 20.5. The molecule has 3 aromatic carbocycles. The average molecular weight is 498 g/mol. The summed E-state index contributed by atoms with van der Waals surface area (Å²) in [6.07, 6.45) is 0. The number of hydrogen-bond donors (Lipinski definition) is 0. The number of benzene rings is 3. The van der Waals surface area contributed by atoms with Crippen molar-refractivity contribution in [2.75, 3.05) is 13.7 Å². The molecule has 1 aromatic heterocycles. The Morgan fingerprint density at radius 1 is 1.03 bits per heavy atom. The van der Waals surface area contributed by atoms with Crippen molar-refractivity contribution < 1.29 is 13.2 Å². The van der Waals surface area contributed by atoms with Crippen LogP contribution in [0.15, 0.2) is 82.5 Å². The number of fused-ring (bicyclic) bond motifs is 1. The van der Waals surface area contributed by atoms with Crippen molar-refractivity contribution in [3.05, 3.63) is 94.0 Å². The normalized spacial score (nSPS) is 12.7. The maximum Gasteiger partial charge on any atom is 0.266 e. The third-order valence-electron chi connectivity index (χ3n) is 5.67. The molecule has 9 heteroatoms. The summed E-state index contributed by atoms with van der Waals surface area (Å²) in [4.78, 5) is 18.4. The SMILES string of the molecule is CCN(C(C)c1nc2ccccc2c(=O)n1-c1ccc(Cl)cc1)S(=O)(=O)c1ccc(OC)cc1. The predicted octanol–water partition coefficient (Wildman–Crippen LogP) is 4.82. The van der Waals surface area contributed by atoms with Crippen LogP contribution >= 0.6 is 11.6 Å². The summed E-state index contributed by atoms with van der Waals surface area (Å²) in [6, 6.07) is 19.3. The highest BCUT2D eigenvalue weighted by Crippen LogP contribution is 2.29. The molecule has 7 nitrogen and oxygen atoms in total. The van der Waals surface area contributed by atoms with Gasteiger partial charge in [-0.25, -0.2) is 13.4 Å². The van der Waals surface area contributed by atoms with Crippen LogP contribution in [0.3, 0.4) is 0 Å². The lowest BCUT2D eigenvalue weighted by atomic mass is 10.2. The number of halogens is 1. The standard InChI is InChI=1S/C25H24ClN3O4S/c1-4-28(34(31,32)21-15-13-20(33-3)14-16-21)17(2)24-27-23-8-6-5-7-22(23)25(30)29(24)19-11-9-18(26)10-12-19/h5-17H,4H2,1-3H3. The lowest BCUT2D eigenvalue weighted by Crippen LogP contribution is -2.37. The van der Waals surface area contributed by atoms with E-state index in [1.807, 2.05) is 0 Å². The van der Waals surface area contributed by atoms with Crippen LogP contribution in [-0.4, -0.2) is 35.9 Å². The number of sulfonamides is 1. The second-order valence-corrected chi connectivity index (χ2v) is 9.99. The van der Waals surface area contributed by atoms with Crippen molar-refractivity contribution in [2.45, 2.75) is 24.8 Å². The highest BCUT2D eigenvalue weighted by Gasteiger charge is 2.32. The summed E-state index contributed by atoms with van der Waals surface area (Å²) < 4.78 is 35.1. The second kappa shape index (κ2) is 9.58. The molecule has 0 amide bonds. The van der Waals surface area contributed by atoms with Crippen LogP contribution in [0.1, 0.15) is 25.7 Å². The van der Waals surface area contributed by atoms with Gasteiger partial charge in [0.25, 0.3) is 5.56 Å². The fraction of sp³-hybridized carbons (Fsp3) is 0.200. The van der Waals surface area contributed by atoms with Gasteiger partial charge in [-0.3, -0.25) is 9.36 Å². The van der Waals surface area contributed by atoms with Gasteiger partial charge in [-0.05, 0) is 67.6 Å². The first-order valence-electron chi connectivity index (χ1n) is 10.7. The van der Waals surface area contributed by atoms with Crippen LogP contribution in [0, 0.1) is 0 Å². The Morgan fingerprint density at radius 3 is 2.29 bits per heavy atom. The molecular weight excluding hydrogens is 474 g/mol. The molecule has 0 saturated carbocycles. The maximum absolute atomic E-state index is 13.6. The van der Waals surface area contributed by atoms with E-state index in [4.69, 9.17) is 21.3 Å². The van der Waals surface area contributed by atoms with Crippen molar-refractivity contribution in [2.24, 2.45) is 0 Å². The molecule has 1 unspecified atom stereocenters. The lowest BCUT2D eigenvalue weighted by Gasteiger charge is -2.28. The monoisotopic (exact) mass is 497 g/mol. The quantitative estimate of drug-likeness (QED) is 0.365. The van der Waals surface area contributed by atoms with Crippen LogP contribution < -0.4 is 10.3 Å². The Kier molecular flexibility index (Phi) is 6.74.